The van der Waals surface area contributed by atoms with Crippen LogP contribution in [0.2, 0.25) is 0 Å². The van der Waals surface area contributed by atoms with Crippen molar-refractivity contribution in [2.45, 2.75) is 6.42 Å². The Morgan fingerprint density at radius 1 is 1.00 bits per heavy atom. The molecule has 0 unspecified atom stereocenters. The summed E-state index contributed by atoms with van der Waals surface area (Å²) in [4.78, 5) is 34.8. The van der Waals surface area contributed by atoms with Crippen LogP contribution in [-0.2, 0) is 19.1 Å². The van der Waals surface area contributed by atoms with Gasteiger partial charge in [-0.05, 0) is 42.0 Å². The van der Waals surface area contributed by atoms with Gasteiger partial charge in [0, 0.05) is 0 Å². The predicted molar refractivity (Wildman–Crippen MR) is 106 cm³/mol. The van der Waals surface area contributed by atoms with Crippen LogP contribution in [0.1, 0.15) is 12.0 Å². The maximum Gasteiger partial charge on any atom is 0.343 e. The maximum atomic E-state index is 12.0. The molecule has 0 saturated carbocycles. The highest BCUT2D eigenvalue weighted by Crippen LogP contribution is 2.22. The summed E-state index contributed by atoms with van der Waals surface area (Å²) in [6.07, 6.45) is 1.02. The van der Waals surface area contributed by atoms with Crippen LogP contribution in [0.4, 0.5) is 5.69 Å². The first kappa shape index (κ1) is 21.4. The molecule has 2 aromatic carbocycles. The fraction of sp³-hybridized carbons (Fsp3) is 0.200. The molecule has 152 valence electrons. The number of benzene rings is 2. The summed E-state index contributed by atoms with van der Waals surface area (Å²) in [5.74, 6) is -0.544. The number of rotatable bonds is 9. The van der Waals surface area contributed by atoms with Gasteiger partial charge in [0.05, 0.1) is 26.1 Å². The average Bonchev–Trinajstić information content (AvgIpc) is 2.73. The van der Waals surface area contributed by atoms with E-state index >= 15 is 0 Å². The van der Waals surface area contributed by atoms with Gasteiger partial charge in [-0.1, -0.05) is 12.1 Å². The van der Waals surface area contributed by atoms with Crippen molar-refractivity contribution in [3.8, 4) is 11.5 Å². The van der Waals surface area contributed by atoms with E-state index in [1.807, 2.05) is 0 Å². The van der Waals surface area contributed by atoms with E-state index in [0.717, 1.165) is 0 Å². The van der Waals surface area contributed by atoms with Crippen molar-refractivity contribution in [3.05, 3.63) is 54.1 Å². The molecular weight excluding hydrogens is 378 g/mol. The number of ether oxygens (including phenoxy) is 3. The van der Waals surface area contributed by atoms with E-state index in [1.54, 1.807) is 48.5 Å². The molecule has 0 aliphatic rings. The third-order valence-corrected chi connectivity index (χ3v) is 3.57. The minimum absolute atomic E-state index is 0.184. The van der Waals surface area contributed by atoms with Crippen LogP contribution in [0.25, 0.3) is 0 Å². The first-order valence-electron chi connectivity index (χ1n) is 8.56. The average molecular weight is 399 g/mol. The number of esters is 1. The molecule has 0 fully saturated rings. The van der Waals surface area contributed by atoms with Gasteiger partial charge >= 0.3 is 5.97 Å². The molecule has 2 amide bonds. The van der Waals surface area contributed by atoms with Gasteiger partial charge in [0.1, 0.15) is 17.9 Å². The molecule has 0 spiro atoms. The monoisotopic (exact) mass is 399 g/mol. The topological polar surface area (TPSA) is 115 Å². The molecular formula is C20H21N3O6. The molecule has 0 heterocycles. The van der Waals surface area contributed by atoms with Crippen molar-refractivity contribution in [1.29, 1.82) is 0 Å². The van der Waals surface area contributed by atoms with Gasteiger partial charge < -0.3 is 19.5 Å². The summed E-state index contributed by atoms with van der Waals surface area (Å²) in [7, 11) is 2.77. The molecule has 0 aliphatic heterocycles. The number of nitrogens with one attached hydrogen (secondary N) is 2. The Hall–Kier alpha value is -3.88. The number of hydrogen-bond donors (Lipinski definition) is 2. The number of amides is 2. The molecule has 2 N–H and O–H groups in total. The Balaban J connectivity index is 1.78. The maximum absolute atomic E-state index is 12.0. The van der Waals surface area contributed by atoms with E-state index < -0.39 is 24.2 Å². The van der Waals surface area contributed by atoms with Crippen molar-refractivity contribution in [3.63, 3.8) is 0 Å². The summed E-state index contributed by atoms with van der Waals surface area (Å²) < 4.78 is 14.8. The van der Waals surface area contributed by atoms with Gasteiger partial charge in [0.15, 0.2) is 6.61 Å². The molecule has 29 heavy (non-hydrogen) atoms. The third-order valence-electron chi connectivity index (χ3n) is 3.57. The fourth-order valence-electron chi connectivity index (χ4n) is 2.16. The van der Waals surface area contributed by atoms with E-state index in [1.165, 1.54) is 20.4 Å². The van der Waals surface area contributed by atoms with Crippen LogP contribution in [-0.4, -0.2) is 44.8 Å². The zero-order valence-corrected chi connectivity index (χ0v) is 16.0. The second-order valence-electron chi connectivity index (χ2n) is 5.65. The minimum atomic E-state index is -0.563. The van der Waals surface area contributed by atoms with Crippen molar-refractivity contribution in [2.75, 3.05) is 26.1 Å². The molecule has 2 aromatic rings. The van der Waals surface area contributed by atoms with E-state index in [-0.39, 0.29) is 6.61 Å². The quantitative estimate of drug-likeness (QED) is 0.287. The van der Waals surface area contributed by atoms with Crippen molar-refractivity contribution < 1.29 is 28.6 Å². The zero-order chi connectivity index (χ0) is 21.1. The van der Waals surface area contributed by atoms with Crippen LogP contribution in [0.3, 0.4) is 0 Å². The van der Waals surface area contributed by atoms with E-state index in [4.69, 9.17) is 9.47 Å². The van der Waals surface area contributed by atoms with E-state index in [2.05, 4.69) is 20.6 Å². The van der Waals surface area contributed by atoms with Crippen LogP contribution >= 0.6 is 0 Å². The van der Waals surface area contributed by atoms with E-state index in [0.29, 0.717) is 22.7 Å². The number of para-hydroxylation sites is 2. The number of carbonyl (C=O) groups is 3. The lowest BCUT2D eigenvalue weighted by Crippen LogP contribution is -2.24. The highest BCUT2D eigenvalue weighted by molar-refractivity contribution is 6.04. The van der Waals surface area contributed by atoms with Crippen LogP contribution < -0.4 is 20.2 Å². The van der Waals surface area contributed by atoms with Crippen LogP contribution in [0.15, 0.2) is 53.6 Å². The summed E-state index contributed by atoms with van der Waals surface area (Å²) >= 11 is 0. The number of hydrazone groups is 1. The van der Waals surface area contributed by atoms with Crippen LogP contribution in [0, 0.1) is 0 Å². The largest absolute Gasteiger partial charge is 0.495 e. The highest BCUT2D eigenvalue weighted by Gasteiger charge is 2.11. The first-order chi connectivity index (χ1) is 14.0. The standard InChI is InChI=1S/C20H21N3O6/c1-27-17-6-4-3-5-16(17)22-18(24)11-19(25)23-21-12-14-7-9-15(10-8-14)29-13-20(26)28-2/h3-10,12H,11,13H2,1-2H3,(H,22,24)(H,23,25). The first-order valence-corrected chi connectivity index (χ1v) is 8.56. The lowest BCUT2D eigenvalue weighted by molar-refractivity contribution is -0.143. The van der Waals surface area contributed by atoms with Crippen molar-refractivity contribution >= 4 is 29.7 Å². The van der Waals surface area contributed by atoms with Gasteiger partial charge in [-0.2, -0.15) is 5.10 Å². The Morgan fingerprint density at radius 2 is 1.72 bits per heavy atom. The SMILES string of the molecule is COC(=O)COc1ccc(C=NNC(=O)CC(=O)Nc2ccccc2OC)cc1. The summed E-state index contributed by atoms with van der Waals surface area (Å²) in [6.45, 7) is -0.184. The van der Waals surface area contributed by atoms with E-state index in [9.17, 15) is 14.4 Å². The molecule has 0 atom stereocenters. The molecule has 0 bridgehead atoms. The van der Waals surface area contributed by atoms with Crippen molar-refractivity contribution in [2.24, 2.45) is 5.10 Å². The lowest BCUT2D eigenvalue weighted by Gasteiger charge is -2.09. The molecule has 0 aromatic heterocycles. The Labute approximate surface area is 167 Å². The Kier molecular flexibility index (Phi) is 8.18. The number of carbonyl (C=O) groups excluding carboxylic acids is 3. The number of anilines is 1. The Bertz CT molecular complexity index is 880. The van der Waals surface area contributed by atoms with Gasteiger partial charge in [-0.25, -0.2) is 10.2 Å². The molecule has 0 saturated heterocycles. The molecule has 0 radical (unpaired) electrons. The van der Waals surface area contributed by atoms with Crippen LogP contribution in [0.5, 0.6) is 11.5 Å². The van der Waals surface area contributed by atoms with Gasteiger partial charge in [0.2, 0.25) is 11.8 Å². The second-order valence-corrected chi connectivity index (χ2v) is 5.65. The van der Waals surface area contributed by atoms with Gasteiger partial charge in [0.25, 0.3) is 0 Å². The predicted octanol–water partition coefficient (Wildman–Crippen LogP) is 1.73. The lowest BCUT2D eigenvalue weighted by atomic mass is 10.2. The Morgan fingerprint density at radius 3 is 2.41 bits per heavy atom. The molecule has 9 nitrogen and oxygen atoms in total. The van der Waals surface area contributed by atoms with Gasteiger partial charge in [-0.3, -0.25) is 9.59 Å². The van der Waals surface area contributed by atoms with Gasteiger partial charge in [-0.15, -0.1) is 0 Å². The second kappa shape index (κ2) is 11.1. The fourth-order valence-corrected chi connectivity index (χ4v) is 2.16. The zero-order valence-electron chi connectivity index (χ0n) is 16.0. The number of methoxy groups -OCH3 is 2. The summed E-state index contributed by atoms with van der Waals surface area (Å²) in [5.41, 5.74) is 3.45. The normalized spacial score (nSPS) is 10.3. The summed E-state index contributed by atoms with van der Waals surface area (Å²) in [6, 6.07) is 13.6. The molecule has 0 aliphatic carbocycles. The smallest absolute Gasteiger partial charge is 0.343 e. The minimum Gasteiger partial charge on any atom is -0.495 e. The molecule has 2 rings (SSSR count). The highest BCUT2D eigenvalue weighted by atomic mass is 16.6. The third kappa shape index (κ3) is 7.33. The number of hydrogen-bond acceptors (Lipinski definition) is 7. The molecule has 9 heteroatoms. The van der Waals surface area contributed by atoms with Crippen molar-refractivity contribution in [1.82, 2.24) is 5.43 Å². The summed E-state index contributed by atoms with van der Waals surface area (Å²) in [5, 5.41) is 6.42. The number of nitrogens with zero attached hydrogens (tertiary/aromatic N) is 1.